The average molecular weight is 309 g/mol. The molecule has 0 aliphatic rings. The third-order valence-electron chi connectivity index (χ3n) is 3.12. The first-order chi connectivity index (χ1) is 10.3. The van der Waals surface area contributed by atoms with Crippen molar-refractivity contribution in [2.24, 2.45) is 5.73 Å². The molecule has 0 spiro atoms. The molecule has 0 fully saturated rings. The lowest BCUT2D eigenvalue weighted by atomic mass is 10.0. The fourth-order valence-electron chi connectivity index (χ4n) is 1.96. The van der Waals surface area contributed by atoms with Gasteiger partial charge in [0.05, 0.1) is 0 Å². The van der Waals surface area contributed by atoms with E-state index in [1.807, 2.05) is 0 Å². The molecule has 0 aromatic heterocycles. The molecule has 0 unspecified atom stereocenters. The van der Waals surface area contributed by atoms with Crippen molar-refractivity contribution < 1.29 is 18.8 Å². The first kappa shape index (κ1) is 17.6. The van der Waals surface area contributed by atoms with E-state index in [0.29, 0.717) is 12.0 Å². The largest absolute Gasteiger partial charge is 0.368 e. The molecule has 0 saturated heterocycles. The summed E-state index contributed by atoms with van der Waals surface area (Å²) in [5.74, 6) is -1.91. The van der Waals surface area contributed by atoms with Gasteiger partial charge in [-0.15, -0.1) is 0 Å². The number of hydrogen-bond acceptors (Lipinski definition) is 3. The molecule has 0 saturated carbocycles. The number of carbonyl (C=O) groups excluding carboxylic acids is 3. The molecule has 22 heavy (non-hydrogen) atoms. The highest BCUT2D eigenvalue weighted by Gasteiger charge is 2.24. The van der Waals surface area contributed by atoms with Crippen LogP contribution in [0.2, 0.25) is 0 Å². The molecule has 1 rings (SSSR count). The van der Waals surface area contributed by atoms with E-state index in [9.17, 15) is 18.8 Å². The van der Waals surface area contributed by atoms with Crippen LogP contribution in [0.15, 0.2) is 24.3 Å². The van der Waals surface area contributed by atoms with E-state index in [0.717, 1.165) is 0 Å². The minimum absolute atomic E-state index is 0.181. The van der Waals surface area contributed by atoms with E-state index in [4.69, 9.17) is 5.73 Å². The fraction of sp³-hybridized carbons (Fsp3) is 0.400. The zero-order chi connectivity index (χ0) is 16.7. The zero-order valence-electron chi connectivity index (χ0n) is 12.6. The van der Waals surface area contributed by atoms with Crippen LogP contribution in [-0.4, -0.2) is 29.8 Å². The standard InChI is InChI=1S/C15H20FN3O3/c1-3-12(14(17)21)19-15(22)13(18-9(2)20)8-10-4-6-11(16)7-5-10/h4-7,12-13H,3,8H2,1-2H3,(H2,17,21)(H,18,20)(H,19,22)/t12-,13-/m0/s1. The molecule has 0 bridgehead atoms. The summed E-state index contributed by atoms with van der Waals surface area (Å²) in [5.41, 5.74) is 5.87. The van der Waals surface area contributed by atoms with Crippen LogP contribution in [0.3, 0.4) is 0 Å². The van der Waals surface area contributed by atoms with Gasteiger partial charge in [-0.3, -0.25) is 14.4 Å². The summed E-state index contributed by atoms with van der Waals surface area (Å²) >= 11 is 0. The Labute approximate surface area is 128 Å². The Hall–Kier alpha value is -2.44. The summed E-state index contributed by atoms with van der Waals surface area (Å²) in [4.78, 5) is 34.7. The molecular formula is C15H20FN3O3. The molecule has 1 aromatic rings. The van der Waals surface area contributed by atoms with Gasteiger partial charge in [-0.05, 0) is 24.1 Å². The zero-order valence-corrected chi connectivity index (χ0v) is 12.6. The summed E-state index contributed by atoms with van der Waals surface area (Å²) in [5, 5.41) is 5.02. The minimum atomic E-state index is -0.864. The molecule has 0 radical (unpaired) electrons. The van der Waals surface area contributed by atoms with Gasteiger partial charge in [-0.2, -0.15) is 0 Å². The van der Waals surface area contributed by atoms with Gasteiger partial charge in [0.25, 0.3) is 0 Å². The lowest BCUT2D eigenvalue weighted by molar-refractivity contribution is -0.130. The van der Waals surface area contributed by atoms with Crippen LogP contribution in [-0.2, 0) is 20.8 Å². The molecule has 2 atom stereocenters. The van der Waals surface area contributed by atoms with Gasteiger partial charge in [0, 0.05) is 13.3 Å². The van der Waals surface area contributed by atoms with Crippen LogP contribution in [0.4, 0.5) is 4.39 Å². The predicted molar refractivity (Wildman–Crippen MR) is 79.1 cm³/mol. The molecule has 0 heterocycles. The maximum absolute atomic E-state index is 12.9. The lowest BCUT2D eigenvalue weighted by Crippen LogP contribution is -2.53. The van der Waals surface area contributed by atoms with Crippen LogP contribution in [0.5, 0.6) is 0 Å². The van der Waals surface area contributed by atoms with Crippen LogP contribution in [0.25, 0.3) is 0 Å². The fourth-order valence-corrected chi connectivity index (χ4v) is 1.96. The SMILES string of the molecule is CC[C@H](NC(=O)[C@H](Cc1ccc(F)cc1)NC(C)=O)C(N)=O. The van der Waals surface area contributed by atoms with Crippen molar-refractivity contribution in [1.82, 2.24) is 10.6 Å². The summed E-state index contributed by atoms with van der Waals surface area (Å²) in [7, 11) is 0. The van der Waals surface area contributed by atoms with Gasteiger partial charge >= 0.3 is 0 Å². The number of rotatable bonds is 7. The molecule has 0 aliphatic heterocycles. The molecule has 120 valence electrons. The van der Waals surface area contributed by atoms with Gasteiger partial charge in [-0.1, -0.05) is 19.1 Å². The summed E-state index contributed by atoms with van der Waals surface area (Å²) in [6.45, 7) is 3.00. The number of nitrogens with two attached hydrogens (primary N) is 1. The van der Waals surface area contributed by atoms with Crippen LogP contribution in [0, 0.1) is 5.82 Å². The maximum atomic E-state index is 12.9. The second kappa shape index (κ2) is 8.11. The molecule has 6 nitrogen and oxygen atoms in total. The Morgan fingerprint density at radius 1 is 1.14 bits per heavy atom. The van der Waals surface area contributed by atoms with Crippen molar-refractivity contribution in [3.63, 3.8) is 0 Å². The van der Waals surface area contributed by atoms with E-state index in [-0.39, 0.29) is 18.1 Å². The number of carbonyl (C=O) groups is 3. The highest BCUT2D eigenvalue weighted by Crippen LogP contribution is 2.07. The van der Waals surface area contributed by atoms with E-state index >= 15 is 0 Å². The Kier molecular flexibility index (Phi) is 6.49. The summed E-state index contributed by atoms with van der Waals surface area (Å²) in [6, 6.07) is 3.95. The van der Waals surface area contributed by atoms with Crippen LogP contribution in [0.1, 0.15) is 25.8 Å². The number of primary amides is 1. The van der Waals surface area contributed by atoms with Crippen molar-refractivity contribution in [2.45, 2.75) is 38.8 Å². The molecule has 0 aliphatic carbocycles. The monoisotopic (exact) mass is 309 g/mol. The van der Waals surface area contributed by atoms with Crippen molar-refractivity contribution in [1.29, 1.82) is 0 Å². The van der Waals surface area contributed by atoms with Crippen molar-refractivity contribution in [3.05, 3.63) is 35.6 Å². The highest BCUT2D eigenvalue weighted by molar-refractivity contribution is 5.91. The van der Waals surface area contributed by atoms with Crippen molar-refractivity contribution in [3.8, 4) is 0 Å². The smallest absolute Gasteiger partial charge is 0.243 e. The second-order valence-corrected chi connectivity index (χ2v) is 4.96. The van der Waals surface area contributed by atoms with Gasteiger partial charge in [0.15, 0.2) is 0 Å². The van der Waals surface area contributed by atoms with E-state index in [1.54, 1.807) is 6.92 Å². The van der Waals surface area contributed by atoms with Gasteiger partial charge in [-0.25, -0.2) is 4.39 Å². The highest BCUT2D eigenvalue weighted by atomic mass is 19.1. The lowest BCUT2D eigenvalue weighted by Gasteiger charge is -2.21. The Balaban J connectivity index is 2.82. The molecule has 1 aromatic carbocycles. The number of halogens is 1. The Morgan fingerprint density at radius 3 is 2.18 bits per heavy atom. The third kappa shape index (κ3) is 5.51. The average Bonchev–Trinajstić information content (AvgIpc) is 2.45. The van der Waals surface area contributed by atoms with Gasteiger partial charge in [0.1, 0.15) is 17.9 Å². The molecule has 4 N–H and O–H groups in total. The number of amides is 3. The topological polar surface area (TPSA) is 101 Å². The van der Waals surface area contributed by atoms with Crippen molar-refractivity contribution in [2.75, 3.05) is 0 Å². The van der Waals surface area contributed by atoms with Crippen molar-refractivity contribution >= 4 is 17.7 Å². The normalized spacial score (nSPS) is 13.0. The first-order valence-corrected chi connectivity index (χ1v) is 6.94. The van der Waals surface area contributed by atoms with Gasteiger partial charge < -0.3 is 16.4 Å². The van der Waals surface area contributed by atoms with E-state index in [2.05, 4.69) is 10.6 Å². The second-order valence-electron chi connectivity index (χ2n) is 4.96. The Morgan fingerprint density at radius 2 is 1.73 bits per heavy atom. The van der Waals surface area contributed by atoms with Gasteiger partial charge in [0.2, 0.25) is 17.7 Å². The maximum Gasteiger partial charge on any atom is 0.243 e. The van der Waals surface area contributed by atoms with E-state index in [1.165, 1.54) is 31.2 Å². The third-order valence-corrected chi connectivity index (χ3v) is 3.12. The predicted octanol–water partition coefficient (Wildman–Crippen LogP) is 0.253. The number of nitrogens with one attached hydrogen (secondary N) is 2. The minimum Gasteiger partial charge on any atom is -0.368 e. The van der Waals surface area contributed by atoms with Crippen LogP contribution >= 0.6 is 0 Å². The van der Waals surface area contributed by atoms with E-state index < -0.39 is 23.9 Å². The summed E-state index contributed by atoms with van der Waals surface area (Å²) in [6.07, 6.45) is 0.533. The Bertz CT molecular complexity index is 545. The molecule has 7 heteroatoms. The molecular weight excluding hydrogens is 289 g/mol. The first-order valence-electron chi connectivity index (χ1n) is 6.94. The number of benzene rings is 1. The molecule has 3 amide bonds. The summed E-state index contributed by atoms with van der Waals surface area (Å²) < 4.78 is 12.9. The van der Waals surface area contributed by atoms with Crippen LogP contribution < -0.4 is 16.4 Å². The number of hydrogen-bond donors (Lipinski definition) is 3. The quantitative estimate of drug-likeness (QED) is 0.673.